The second-order valence-electron chi connectivity index (χ2n) is 4.78. The molecule has 2 aromatic rings. The molecule has 0 aromatic carbocycles. The van der Waals surface area contributed by atoms with E-state index in [1.54, 1.807) is 12.3 Å². The highest BCUT2D eigenvalue weighted by Gasteiger charge is 2.32. The molecule has 5 nitrogen and oxygen atoms in total. The van der Waals surface area contributed by atoms with Crippen LogP contribution in [0.15, 0.2) is 30.6 Å². The summed E-state index contributed by atoms with van der Waals surface area (Å²) in [5.74, 6) is 0.742. The standard InChI is InChI=1S/C15H18F3N5/c1-3-23(4-2)13-11(6-5-8-19-13)10-21-14-20-9-7-12(22-14)15(16,17)18/h5-9H,3-4,10H2,1-2H3,(H,20,21,22). The fourth-order valence-electron chi connectivity index (χ4n) is 2.15. The topological polar surface area (TPSA) is 53.9 Å². The molecule has 124 valence electrons. The van der Waals surface area contributed by atoms with Crippen LogP contribution in [0.4, 0.5) is 24.9 Å². The summed E-state index contributed by atoms with van der Waals surface area (Å²) >= 11 is 0. The number of anilines is 2. The van der Waals surface area contributed by atoms with Crippen LogP contribution in [0.1, 0.15) is 25.1 Å². The average molecular weight is 325 g/mol. The van der Waals surface area contributed by atoms with Crippen LogP contribution in [-0.2, 0) is 12.7 Å². The Kier molecular flexibility index (Phi) is 5.36. The number of hydrogen-bond donors (Lipinski definition) is 1. The van der Waals surface area contributed by atoms with Crippen molar-refractivity contribution in [1.29, 1.82) is 0 Å². The first kappa shape index (κ1) is 17.0. The van der Waals surface area contributed by atoms with Crippen LogP contribution in [0.3, 0.4) is 0 Å². The molecule has 0 unspecified atom stereocenters. The number of alkyl halides is 3. The first-order valence-electron chi connectivity index (χ1n) is 7.28. The van der Waals surface area contributed by atoms with Crippen molar-refractivity contribution in [1.82, 2.24) is 15.0 Å². The summed E-state index contributed by atoms with van der Waals surface area (Å²) < 4.78 is 38.0. The zero-order valence-electron chi connectivity index (χ0n) is 12.9. The Morgan fingerprint density at radius 2 is 1.83 bits per heavy atom. The second-order valence-corrected chi connectivity index (χ2v) is 4.78. The van der Waals surface area contributed by atoms with Crippen molar-refractivity contribution in [3.8, 4) is 0 Å². The number of halogens is 3. The Labute approximate surface area is 132 Å². The monoisotopic (exact) mass is 325 g/mol. The molecule has 2 rings (SSSR count). The van der Waals surface area contributed by atoms with Crippen LogP contribution in [0.2, 0.25) is 0 Å². The van der Waals surface area contributed by atoms with Crippen LogP contribution in [0, 0.1) is 0 Å². The Morgan fingerprint density at radius 3 is 2.48 bits per heavy atom. The molecule has 0 fully saturated rings. The third-order valence-electron chi connectivity index (χ3n) is 3.31. The first-order chi connectivity index (χ1) is 11.0. The quantitative estimate of drug-likeness (QED) is 0.883. The van der Waals surface area contributed by atoms with E-state index in [9.17, 15) is 13.2 Å². The predicted molar refractivity (Wildman–Crippen MR) is 82.2 cm³/mol. The van der Waals surface area contributed by atoms with E-state index in [1.165, 1.54) is 0 Å². The molecule has 0 saturated carbocycles. The van der Waals surface area contributed by atoms with Crippen LogP contribution < -0.4 is 10.2 Å². The summed E-state index contributed by atoms with van der Waals surface area (Å²) in [5.41, 5.74) is -0.0950. The van der Waals surface area contributed by atoms with E-state index >= 15 is 0 Å². The molecule has 8 heteroatoms. The highest BCUT2D eigenvalue weighted by molar-refractivity contribution is 5.48. The molecule has 0 bridgehead atoms. The molecule has 0 aliphatic carbocycles. The lowest BCUT2D eigenvalue weighted by Gasteiger charge is -2.22. The number of pyridine rings is 1. The molecule has 0 aliphatic rings. The fourth-order valence-corrected chi connectivity index (χ4v) is 2.15. The number of hydrogen-bond acceptors (Lipinski definition) is 5. The molecule has 0 saturated heterocycles. The molecule has 2 heterocycles. The minimum absolute atomic E-state index is 0.0609. The van der Waals surface area contributed by atoms with Crippen LogP contribution in [0.25, 0.3) is 0 Å². The third-order valence-corrected chi connectivity index (χ3v) is 3.31. The van der Waals surface area contributed by atoms with E-state index in [0.717, 1.165) is 36.7 Å². The van der Waals surface area contributed by atoms with Gasteiger partial charge in [0.2, 0.25) is 5.95 Å². The molecular weight excluding hydrogens is 307 g/mol. The zero-order valence-corrected chi connectivity index (χ0v) is 12.9. The Hall–Kier alpha value is -2.38. The maximum atomic E-state index is 12.7. The van der Waals surface area contributed by atoms with Crippen LogP contribution in [0.5, 0.6) is 0 Å². The third kappa shape index (κ3) is 4.30. The van der Waals surface area contributed by atoms with Gasteiger partial charge in [0.15, 0.2) is 0 Å². The van der Waals surface area contributed by atoms with E-state index in [-0.39, 0.29) is 5.95 Å². The second kappa shape index (κ2) is 7.26. The lowest BCUT2D eigenvalue weighted by molar-refractivity contribution is -0.141. The summed E-state index contributed by atoms with van der Waals surface area (Å²) in [7, 11) is 0. The van der Waals surface area contributed by atoms with E-state index < -0.39 is 11.9 Å². The van der Waals surface area contributed by atoms with Gasteiger partial charge in [-0.1, -0.05) is 6.07 Å². The minimum atomic E-state index is -4.49. The normalized spacial score (nSPS) is 11.3. The van der Waals surface area contributed by atoms with Crippen molar-refractivity contribution < 1.29 is 13.2 Å². The average Bonchev–Trinajstić information content (AvgIpc) is 2.54. The van der Waals surface area contributed by atoms with Gasteiger partial charge in [-0.2, -0.15) is 13.2 Å². The number of nitrogens with one attached hydrogen (secondary N) is 1. The largest absolute Gasteiger partial charge is 0.433 e. The molecule has 0 atom stereocenters. The molecule has 1 N–H and O–H groups in total. The maximum Gasteiger partial charge on any atom is 0.433 e. The summed E-state index contributed by atoms with van der Waals surface area (Å²) in [6.45, 7) is 5.92. The summed E-state index contributed by atoms with van der Waals surface area (Å²) in [5, 5.41) is 2.83. The molecular formula is C15H18F3N5. The van der Waals surface area contributed by atoms with Crippen molar-refractivity contribution in [2.45, 2.75) is 26.6 Å². The fraction of sp³-hybridized carbons (Fsp3) is 0.400. The van der Waals surface area contributed by atoms with E-state index in [2.05, 4.69) is 25.2 Å². The van der Waals surface area contributed by atoms with Crippen LogP contribution in [-0.4, -0.2) is 28.0 Å². The molecule has 23 heavy (non-hydrogen) atoms. The van der Waals surface area contributed by atoms with Crippen molar-refractivity contribution in [2.24, 2.45) is 0 Å². The lowest BCUT2D eigenvalue weighted by atomic mass is 10.2. The van der Waals surface area contributed by atoms with E-state index in [1.807, 2.05) is 19.9 Å². The Bertz CT molecular complexity index is 641. The van der Waals surface area contributed by atoms with Gasteiger partial charge in [-0.05, 0) is 26.0 Å². The Morgan fingerprint density at radius 1 is 1.09 bits per heavy atom. The SMILES string of the molecule is CCN(CC)c1ncccc1CNc1nccc(C(F)(F)F)n1. The minimum Gasteiger partial charge on any atom is -0.357 e. The van der Waals surface area contributed by atoms with E-state index in [0.29, 0.717) is 6.54 Å². The van der Waals surface area contributed by atoms with Gasteiger partial charge in [-0.15, -0.1) is 0 Å². The number of nitrogens with zero attached hydrogens (tertiary/aromatic N) is 4. The van der Waals surface area contributed by atoms with Gasteiger partial charge >= 0.3 is 6.18 Å². The number of rotatable bonds is 6. The molecule has 0 amide bonds. The van der Waals surface area contributed by atoms with Crippen molar-refractivity contribution in [3.63, 3.8) is 0 Å². The van der Waals surface area contributed by atoms with Crippen molar-refractivity contribution in [3.05, 3.63) is 41.9 Å². The Balaban J connectivity index is 2.16. The van der Waals surface area contributed by atoms with Crippen molar-refractivity contribution >= 4 is 11.8 Å². The van der Waals surface area contributed by atoms with Gasteiger partial charge in [-0.3, -0.25) is 0 Å². The maximum absolute atomic E-state index is 12.7. The van der Waals surface area contributed by atoms with Gasteiger partial charge in [0.05, 0.1) is 0 Å². The summed E-state index contributed by atoms with van der Waals surface area (Å²) in [4.78, 5) is 13.7. The van der Waals surface area contributed by atoms with Gasteiger partial charge in [-0.25, -0.2) is 15.0 Å². The van der Waals surface area contributed by atoms with Gasteiger partial charge < -0.3 is 10.2 Å². The molecule has 0 aliphatic heterocycles. The highest BCUT2D eigenvalue weighted by Crippen LogP contribution is 2.27. The zero-order chi connectivity index (χ0) is 16.9. The number of aromatic nitrogens is 3. The molecule has 2 aromatic heterocycles. The van der Waals surface area contributed by atoms with E-state index in [4.69, 9.17) is 0 Å². The smallest absolute Gasteiger partial charge is 0.357 e. The van der Waals surface area contributed by atoms with Gasteiger partial charge in [0.25, 0.3) is 0 Å². The van der Waals surface area contributed by atoms with Gasteiger partial charge in [0.1, 0.15) is 11.5 Å². The van der Waals surface area contributed by atoms with Crippen LogP contribution >= 0.6 is 0 Å². The predicted octanol–water partition coefficient (Wildman–Crippen LogP) is 3.35. The molecule has 0 spiro atoms. The first-order valence-corrected chi connectivity index (χ1v) is 7.28. The highest BCUT2D eigenvalue weighted by atomic mass is 19.4. The van der Waals surface area contributed by atoms with Gasteiger partial charge in [0, 0.05) is 37.6 Å². The summed E-state index contributed by atoms with van der Waals surface area (Å²) in [6.07, 6.45) is -1.70. The summed E-state index contributed by atoms with van der Waals surface area (Å²) in [6, 6.07) is 4.51. The lowest BCUT2D eigenvalue weighted by Crippen LogP contribution is -2.25. The van der Waals surface area contributed by atoms with Crippen molar-refractivity contribution in [2.75, 3.05) is 23.3 Å². The molecule has 0 radical (unpaired) electrons.